The van der Waals surface area contributed by atoms with Crippen molar-refractivity contribution in [2.45, 2.75) is 26.2 Å². The Kier molecular flexibility index (Phi) is 5.35. The van der Waals surface area contributed by atoms with Gasteiger partial charge in [0.15, 0.2) is 0 Å². The molecule has 1 atom stereocenters. The molecule has 0 bridgehead atoms. The fourth-order valence-corrected chi connectivity index (χ4v) is 2.70. The third kappa shape index (κ3) is 3.83. The van der Waals surface area contributed by atoms with Gasteiger partial charge in [-0.25, -0.2) is 4.39 Å². The van der Waals surface area contributed by atoms with Crippen LogP contribution in [0.25, 0.3) is 0 Å². The minimum Gasteiger partial charge on any atom is -0.338 e. The van der Waals surface area contributed by atoms with Crippen LogP contribution in [0.15, 0.2) is 18.2 Å². The summed E-state index contributed by atoms with van der Waals surface area (Å²) in [5, 5.41) is 0. The molecule has 0 aliphatic carbocycles. The number of rotatable bonds is 2. The van der Waals surface area contributed by atoms with E-state index in [9.17, 15) is 9.18 Å². The molecule has 1 aromatic rings. The molecule has 2 rings (SSSR count). The lowest BCUT2D eigenvalue weighted by molar-refractivity contribution is 0.0670. The van der Waals surface area contributed by atoms with Crippen LogP contribution in [0.2, 0.25) is 0 Å². The van der Waals surface area contributed by atoms with Crippen LogP contribution in [0.1, 0.15) is 42.1 Å². The van der Waals surface area contributed by atoms with Gasteiger partial charge in [-0.2, -0.15) is 0 Å². The maximum absolute atomic E-state index is 13.5. The average Bonchev–Trinajstić information content (AvgIpc) is 2.53. The zero-order valence-electron chi connectivity index (χ0n) is 12.4. The highest BCUT2D eigenvalue weighted by Crippen LogP contribution is 2.22. The normalized spacial score (nSPS) is 18.0. The number of carbonyl (C=O) groups is 1. The number of benzene rings is 1. The van der Waals surface area contributed by atoms with Gasteiger partial charge in [0.2, 0.25) is 0 Å². The van der Waals surface area contributed by atoms with Crippen LogP contribution in [-0.4, -0.2) is 30.4 Å². The van der Waals surface area contributed by atoms with Crippen LogP contribution in [0.3, 0.4) is 0 Å². The average molecular weight is 288 g/mol. The van der Waals surface area contributed by atoms with Crippen LogP contribution in [0.4, 0.5) is 4.39 Å². The van der Waals surface area contributed by atoms with Gasteiger partial charge in [-0.1, -0.05) is 25.2 Å². The van der Waals surface area contributed by atoms with Crippen LogP contribution >= 0.6 is 0 Å². The summed E-state index contributed by atoms with van der Waals surface area (Å²) >= 11 is 0. The molecule has 1 amide bonds. The van der Waals surface area contributed by atoms with Crippen molar-refractivity contribution in [1.82, 2.24) is 4.90 Å². The Bertz CT molecular complexity index is 574. The van der Waals surface area contributed by atoms with E-state index in [1.807, 2.05) is 4.90 Å². The van der Waals surface area contributed by atoms with Gasteiger partial charge in [0.1, 0.15) is 5.82 Å². The molecule has 1 unspecified atom stereocenters. The van der Waals surface area contributed by atoms with Gasteiger partial charge >= 0.3 is 0 Å². The van der Waals surface area contributed by atoms with Gasteiger partial charge in [0.25, 0.3) is 5.91 Å². The van der Waals surface area contributed by atoms with Crippen molar-refractivity contribution in [3.8, 4) is 11.8 Å². The van der Waals surface area contributed by atoms with E-state index in [1.54, 1.807) is 6.07 Å². The standard InChI is InChI=1S/C17H21FN2O/c1-2-13-5-4-10-20(12-13)17(21)16-11-15(18)8-7-14(16)6-3-9-19/h7-8,11,13H,2,4-5,9-10,12,19H2,1H3. The molecule has 2 N–H and O–H groups in total. The van der Waals surface area contributed by atoms with Gasteiger partial charge in [0, 0.05) is 18.7 Å². The lowest BCUT2D eigenvalue weighted by Crippen LogP contribution is -2.40. The zero-order valence-corrected chi connectivity index (χ0v) is 12.4. The van der Waals surface area contributed by atoms with Crippen molar-refractivity contribution in [2.75, 3.05) is 19.6 Å². The van der Waals surface area contributed by atoms with Crippen molar-refractivity contribution in [3.05, 3.63) is 35.1 Å². The Morgan fingerprint density at radius 3 is 3.05 bits per heavy atom. The molecule has 0 saturated carbocycles. The third-order valence-corrected chi connectivity index (χ3v) is 3.92. The van der Waals surface area contributed by atoms with Crippen molar-refractivity contribution in [2.24, 2.45) is 11.7 Å². The third-order valence-electron chi connectivity index (χ3n) is 3.92. The van der Waals surface area contributed by atoms with Crippen LogP contribution in [0.5, 0.6) is 0 Å². The van der Waals surface area contributed by atoms with Crippen molar-refractivity contribution in [1.29, 1.82) is 0 Å². The van der Waals surface area contributed by atoms with E-state index in [0.29, 0.717) is 17.0 Å². The molecular formula is C17H21FN2O. The largest absolute Gasteiger partial charge is 0.338 e. The molecular weight excluding hydrogens is 267 g/mol. The second-order valence-electron chi connectivity index (χ2n) is 5.36. The fraction of sp³-hybridized carbons (Fsp3) is 0.471. The summed E-state index contributed by atoms with van der Waals surface area (Å²) in [5.41, 5.74) is 6.26. The summed E-state index contributed by atoms with van der Waals surface area (Å²) < 4.78 is 13.5. The first kappa shape index (κ1) is 15.5. The second kappa shape index (κ2) is 7.24. The molecule has 1 aliphatic heterocycles. The molecule has 1 aliphatic rings. The summed E-state index contributed by atoms with van der Waals surface area (Å²) in [5.74, 6) is 5.57. The maximum atomic E-state index is 13.5. The van der Waals surface area contributed by atoms with Gasteiger partial charge in [-0.15, -0.1) is 0 Å². The van der Waals surface area contributed by atoms with Gasteiger partial charge in [-0.3, -0.25) is 4.79 Å². The number of nitrogens with zero attached hydrogens (tertiary/aromatic N) is 1. The summed E-state index contributed by atoms with van der Waals surface area (Å²) in [6, 6.07) is 4.15. The first-order chi connectivity index (χ1) is 10.2. The topological polar surface area (TPSA) is 46.3 Å². The zero-order chi connectivity index (χ0) is 15.2. The maximum Gasteiger partial charge on any atom is 0.255 e. The fourth-order valence-electron chi connectivity index (χ4n) is 2.70. The minimum absolute atomic E-state index is 0.131. The molecule has 1 saturated heterocycles. The van der Waals surface area contributed by atoms with Gasteiger partial charge < -0.3 is 10.6 Å². The van der Waals surface area contributed by atoms with E-state index in [1.165, 1.54) is 12.1 Å². The predicted octanol–water partition coefficient (Wildman–Crippen LogP) is 2.40. The Morgan fingerprint density at radius 2 is 2.33 bits per heavy atom. The number of halogens is 1. The molecule has 112 valence electrons. The lowest BCUT2D eigenvalue weighted by Gasteiger charge is -2.32. The van der Waals surface area contributed by atoms with Crippen molar-refractivity contribution in [3.63, 3.8) is 0 Å². The number of nitrogens with two attached hydrogens (primary N) is 1. The molecule has 0 spiro atoms. The minimum atomic E-state index is -0.416. The lowest BCUT2D eigenvalue weighted by atomic mass is 9.94. The summed E-state index contributed by atoms with van der Waals surface area (Å²) in [4.78, 5) is 14.5. The summed E-state index contributed by atoms with van der Waals surface area (Å²) in [6.07, 6.45) is 3.22. The van der Waals surface area contributed by atoms with Crippen molar-refractivity contribution >= 4 is 5.91 Å². The predicted molar refractivity (Wildman–Crippen MR) is 81.3 cm³/mol. The van der Waals surface area contributed by atoms with E-state index in [-0.39, 0.29) is 12.5 Å². The number of hydrogen-bond donors (Lipinski definition) is 1. The number of piperidine rings is 1. The van der Waals surface area contributed by atoms with E-state index in [2.05, 4.69) is 18.8 Å². The summed E-state index contributed by atoms with van der Waals surface area (Å²) in [6.45, 7) is 3.83. The second-order valence-corrected chi connectivity index (χ2v) is 5.36. The molecule has 0 radical (unpaired) electrons. The molecule has 1 fully saturated rings. The first-order valence-corrected chi connectivity index (χ1v) is 7.43. The highest BCUT2D eigenvalue weighted by atomic mass is 19.1. The molecule has 3 nitrogen and oxygen atoms in total. The SMILES string of the molecule is CCC1CCCN(C(=O)c2cc(F)ccc2C#CCN)C1. The Hall–Kier alpha value is -1.86. The summed E-state index contributed by atoms with van der Waals surface area (Å²) in [7, 11) is 0. The van der Waals surface area contributed by atoms with Gasteiger partial charge in [0.05, 0.1) is 12.1 Å². The molecule has 1 aromatic carbocycles. The van der Waals surface area contributed by atoms with E-state index >= 15 is 0 Å². The number of hydrogen-bond acceptors (Lipinski definition) is 2. The number of amides is 1. The Balaban J connectivity index is 2.27. The quantitative estimate of drug-likeness (QED) is 0.849. The van der Waals surface area contributed by atoms with Crippen LogP contribution < -0.4 is 5.73 Å². The highest BCUT2D eigenvalue weighted by molar-refractivity contribution is 5.96. The monoisotopic (exact) mass is 288 g/mol. The highest BCUT2D eigenvalue weighted by Gasteiger charge is 2.25. The number of carbonyl (C=O) groups excluding carboxylic acids is 1. The molecule has 1 heterocycles. The first-order valence-electron chi connectivity index (χ1n) is 7.43. The Morgan fingerprint density at radius 1 is 1.52 bits per heavy atom. The molecule has 0 aromatic heterocycles. The smallest absolute Gasteiger partial charge is 0.255 e. The van der Waals surface area contributed by atoms with Crippen LogP contribution in [0, 0.1) is 23.6 Å². The molecule has 4 heteroatoms. The molecule has 21 heavy (non-hydrogen) atoms. The van der Waals surface area contributed by atoms with E-state index in [4.69, 9.17) is 5.73 Å². The number of likely N-dealkylation sites (tertiary alicyclic amines) is 1. The van der Waals surface area contributed by atoms with Gasteiger partial charge in [-0.05, 0) is 37.0 Å². The van der Waals surface area contributed by atoms with Crippen molar-refractivity contribution < 1.29 is 9.18 Å². The van der Waals surface area contributed by atoms with E-state index < -0.39 is 5.82 Å². The Labute approximate surface area is 125 Å². The van der Waals surface area contributed by atoms with E-state index in [0.717, 1.165) is 32.4 Å². The van der Waals surface area contributed by atoms with Crippen LogP contribution in [-0.2, 0) is 0 Å².